The molecule has 0 saturated carbocycles. The molecule has 60 heavy (non-hydrogen) atoms. The van der Waals surface area contributed by atoms with Crippen molar-refractivity contribution in [2.45, 2.75) is 186 Å². The number of carbonyl (C=O) groups excluding carboxylic acids is 2. The van der Waals surface area contributed by atoms with Gasteiger partial charge in [-0.15, -0.1) is 12.3 Å². The number of rotatable bonds is 12. The molecule has 4 rings (SSSR count). The number of hydrogen-bond acceptors (Lipinski definition) is 15. The first kappa shape index (κ1) is 50.9. The van der Waals surface area contributed by atoms with Gasteiger partial charge in [0.15, 0.2) is 12.6 Å². The SMILES string of the molecule is C#CCCN(C)[C@H]1C[C@@H](C)O[C@@H](O[C@@H]2[C@@H](C)C([C@H]3C[C@@](C)(OC)[C@@H](O)[C@H](C)O3)[C@@H](C)C(O)O[C@H](CC)[C@@]3(C)OC(=O)C(NCCO)[C@@H]3[C@@H](C)C(=O)[C@H](C)C[C@@]2(C)OC)[C@@H]1O. The van der Waals surface area contributed by atoms with Gasteiger partial charge in [-0.1, -0.05) is 34.6 Å². The quantitative estimate of drug-likeness (QED) is 0.142. The van der Waals surface area contributed by atoms with Gasteiger partial charge in [0.25, 0.3) is 0 Å². The zero-order valence-corrected chi connectivity index (χ0v) is 38.5. The summed E-state index contributed by atoms with van der Waals surface area (Å²) in [5, 5.41) is 48.5. The van der Waals surface area contributed by atoms with Crippen LogP contribution < -0.4 is 5.32 Å². The van der Waals surface area contributed by atoms with Crippen molar-refractivity contribution in [3.63, 3.8) is 0 Å². The van der Waals surface area contributed by atoms with Crippen LogP contribution in [-0.2, 0) is 42.7 Å². The van der Waals surface area contributed by atoms with Crippen molar-refractivity contribution in [2.24, 2.45) is 35.5 Å². The number of nitrogens with one attached hydrogen (secondary N) is 1. The highest BCUT2D eigenvalue weighted by atomic mass is 16.7. The van der Waals surface area contributed by atoms with Crippen LogP contribution >= 0.6 is 0 Å². The molecule has 0 aliphatic carbocycles. The van der Waals surface area contributed by atoms with E-state index >= 15 is 0 Å². The molecule has 0 bridgehead atoms. The van der Waals surface area contributed by atoms with Gasteiger partial charge in [0.1, 0.15) is 35.7 Å². The van der Waals surface area contributed by atoms with Gasteiger partial charge in [0.2, 0.25) is 0 Å². The van der Waals surface area contributed by atoms with Crippen molar-refractivity contribution >= 4 is 11.8 Å². The molecule has 4 heterocycles. The minimum Gasteiger partial charge on any atom is -0.455 e. The molecule has 15 heteroatoms. The van der Waals surface area contributed by atoms with Crippen LogP contribution in [0.2, 0.25) is 0 Å². The summed E-state index contributed by atoms with van der Waals surface area (Å²) < 4.78 is 45.4. The fourth-order valence-corrected chi connectivity index (χ4v) is 11.2. The second kappa shape index (κ2) is 20.8. The number of likely N-dealkylation sites (N-methyl/N-ethyl adjacent to an activating group) is 1. The van der Waals surface area contributed by atoms with Crippen LogP contribution in [0.1, 0.15) is 101 Å². The summed E-state index contributed by atoms with van der Waals surface area (Å²) in [6.07, 6.45) is -0.511. The summed E-state index contributed by atoms with van der Waals surface area (Å²) in [5.41, 5.74) is -3.58. The van der Waals surface area contributed by atoms with Gasteiger partial charge in [-0.05, 0) is 72.8 Å². The lowest BCUT2D eigenvalue weighted by molar-refractivity contribution is -0.309. The maximum Gasteiger partial charge on any atom is 0.324 e. The lowest BCUT2D eigenvalue weighted by Gasteiger charge is -2.53. The summed E-state index contributed by atoms with van der Waals surface area (Å²) in [5.74, 6) is -1.97. The number of methoxy groups -OCH3 is 2. The van der Waals surface area contributed by atoms with E-state index in [0.29, 0.717) is 25.8 Å². The smallest absolute Gasteiger partial charge is 0.324 e. The first-order valence-corrected chi connectivity index (χ1v) is 22.1. The van der Waals surface area contributed by atoms with Gasteiger partial charge in [-0.2, -0.15) is 0 Å². The minimum absolute atomic E-state index is 0.101. The molecule has 5 N–H and O–H groups in total. The van der Waals surface area contributed by atoms with Gasteiger partial charge in [-0.3, -0.25) is 14.5 Å². The molecular weight excluding hydrogens is 776 g/mol. The van der Waals surface area contributed by atoms with Crippen molar-refractivity contribution in [2.75, 3.05) is 41.0 Å². The van der Waals surface area contributed by atoms with Crippen LogP contribution in [0.5, 0.6) is 0 Å². The third-order valence-electron chi connectivity index (χ3n) is 14.8. The van der Waals surface area contributed by atoms with Crippen molar-refractivity contribution in [1.82, 2.24) is 10.2 Å². The monoisotopic (exact) mass is 855 g/mol. The summed E-state index contributed by atoms with van der Waals surface area (Å²) in [6.45, 7) is 19.0. The molecule has 0 amide bonds. The van der Waals surface area contributed by atoms with Crippen LogP contribution in [0.25, 0.3) is 0 Å². The third-order valence-corrected chi connectivity index (χ3v) is 14.8. The molecule has 20 atom stereocenters. The van der Waals surface area contributed by atoms with Gasteiger partial charge in [-0.25, -0.2) is 0 Å². The molecule has 15 nitrogen and oxygen atoms in total. The largest absolute Gasteiger partial charge is 0.455 e. The van der Waals surface area contributed by atoms with E-state index in [9.17, 15) is 30.0 Å². The lowest BCUT2D eigenvalue weighted by Crippen LogP contribution is -2.62. The average molecular weight is 855 g/mol. The Kier molecular flexibility index (Phi) is 17.6. The van der Waals surface area contributed by atoms with Crippen LogP contribution in [0.15, 0.2) is 0 Å². The second-order valence-corrected chi connectivity index (χ2v) is 19.0. The van der Waals surface area contributed by atoms with Gasteiger partial charge in [0, 0.05) is 69.9 Å². The molecule has 3 unspecified atom stereocenters. The van der Waals surface area contributed by atoms with E-state index in [1.807, 2.05) is 60.4 Å². The Balaban J connectivity index is 1.93. The Morgan fingerprint density at radius 2 is 1.60 bits per heavy atom. The van der Waals surface area contributed by atoms with Gasteiger partial charge in [0.05, 0.1) is 42.2 Å². The highest BCUT2D eigenvalue weighted by Gasteiger charge is 2.61. The molecular formula is C45H78N2O13. The molecule has 0 aromatic heterocycles. The summed E-state index contributed by atoms with van der Waals surface area (Å²) in [7, 11) is 5.04. The van der Waals surface area contributed by atoms with Crippen molar-refractivity contribution in [3.05, 3.63) is 0 Å². The maximum atomic E-state index is 14.8. The molecule has 4 fully saturated rings. The fourth-order valence-electron chi connectivity index (χ4n) is 11.2. The highest BCUT2D eigenvalue weighted by Crippen LogP contribution is 2.49. The molecule has 346 valence electrons. The van der Waals surface area contributed by atoms with E-state index in [1.54, 1.807) is 35.0 Å². The van der Waals surface area contributed by atoms with E-state index in [2.05, 4.69) is 11.2 Å². The lowest BCUT2D eigenvalue weighted by atomic mass is 9.66. The van der Waals surface area contributed by atoms with Crippen molar-refractivity contribution in [3.8, 4) is 12.3 Å². The summed E-state index contributed by atoms with van der Waals surface area (Å²) >= 11 is 0. The maximum absolute atomic E-state index is 14.8. The number of fused-ring (bicyclic) bond motifs is 1. The number of esters is 1. The highest BCUT2D eigenvalue weighted by molar-refractivity contribution is 5.86. The van der Waals surface area contributed by atoms with E-state index in [1.165, 1.54) is 0 Å². The van der Waals surface area contributed by atoms with Crippen molar-refractivity contribution in [1.29, 1.82) is 0 Å². The summed E-state index contributed by atoms with van der Waals surface area (Å²) in [4.78, 5) is 30.6. The van der Waals surface area contributed by atoms with Crippen LogP contribution in [0.3, 0.4) is 0 Å². The zero-order valence-electron chi connectivity index (χ0n) is 38.5. The Morgan fingerprint density at radius 3 is 2.18 bits per heavy atom. The number of nitrogens with zero attached hydrogens (tertiary/aromatic N) is 1. The predicted molar refractivity (Wildman–Crippen MR) is 223 cm³/mol. The number of hydrogen-bond donors (Lipinski definition) is 5. The molecule has 0 aromatic rings. The Bertz CT molecular complexity index is 1470. The first-order valence-electron chi connectivity index (χ1n) is 22.1. The second-order valence-electron chi connectivity index (χ2n) is 19.0. The standard InChI is InChI=1S/C45H78N2O13/c1-15-17-19-47(12)30-21-25(4)56-42(37(30)50)59-39-26(5)33(31-23-43(9,54-13)38(51)29(8)57-31)27(6)40(52)58-32(16-2)45(11)34(35(41(53)60-45)46-18-20-48)28(7)36(49)24(3)22-44(39,10)55-14/h1,24-35,37-40,42,46,48,50-52H,16-23H2,2-14H3/t24-,25-,26+,27-,28-,29+,30+,31-,32-,33?,34+,35?,37-,38+,39-,40?,42+,43-,44-,45-/m1/s1. The molecule has 4 aliphatic rings. The van der Waals surface area contributed by atoms with Crippen LogP contribution in [0.4, 0.5) is 0 Å². The number of ketones is 1. The number of aliphatic hydroxyl groups is 4. The predicted octanol–water partition coefficient (Wildman–Crippen LogP) is 2.67. The van der Waals surface area contributed by atoms with Crippen LogP contribution in [-0.4, -0.2) is 162 Å². The molecule has 0 aromatic carbocycles. The third kappa shape index (κ3) is 10.3. The van der Waals surface area contributed by atoms with E-state index in [4.69, 9.17) is 39.6 Å². The number of Topliss-reactive ketones (excluding diaryl/α,β-unsaturated/α-hetero) is 1. The number of carbonyl (C=O) groups is 2. The normalized spacial score (nSPS) is 47.3. The Labute approximate surface area is 358 Å². The van der Waals surface area contributed by atoms with E-state index < -0.39 is 114 Å². The zero-order chi connectivity index (χ0) is 45.1. The van der Waals surface area contributed by atoms with Gasteiger partial charge < -0.3 is 58.9 Å². The fraction of sp³-hybridized carbons (Fsp3) is 0.911. The van der Waals surface area contributed by atoms with E-state index in [-0.39, 0.29) is 43.9 Å². The number of ether oxygens (including phenoxy) is 7. The number of terminal acetylenes is 1. The Morgan fingerprint density at radius 1 is 0.950 bits per heavy atom. The van der Waals surface area contributed by atoms with Crippen molar-refractivity contribution < 1.29 is 63.2 Å². The average Bonchev–Trinajstić information content (AvgIpc) is 3.47. The number of aliphatic hydroxyl groups excluding tert-OH is 4. The topological polar surface area (TPSA) is 195 Å². The van der Waals surface area contributed by atoms with E-state index in [0.717, 1.165) is 0 Å². The molecule has 0 spiro atoms. The Hall–Kier alpha value is -1.78. The van der Waals surface area contributed by atoms with Crippen LogP contribution in [0, 0.1) is 47.9 Å². The van der Waals surface area contributed by atoms with Gasteiger partial charge >= 0.3 is 5.97 Å². The minimum atomic E-state index is -1.45. The first-order chi connectivity index (χ1) is 28.1. The molecule has 4 saturated heterocycles. The summed E-state index contributed by atoms with van der Waals surface area (Å²) in [6, 6.07) is -1.27. The molecule has 4 aliphatic heterocycles. The molecule has 0 radical (unpaired) electrons.